The van der Waals surface area contributed by atoms with Gasteiger partial charge in [0.25, 0.3) is 0 Å². The van der Waals surface area contributed by atoms with Crippen LogP contribution in [0.25, 0.3) is 6.08 Å². The monoisotopic (exact) mass is 177 g/mol. The molecule has 0 spiro atoms. The van der Waals surface area contributed by atoms with Crippen molar-refractivity contribution in [2.45, 2.75) is 13.8 Å². The lowest BCUT2D eigenvalue weighted by Gasteiger charge is -2.03. The minimum atomic E-state index is 0.770. The summed E-state index contributed by atoms with van der Waals surface area (Å²) in [4.78, 5) is 10.5. The summed E-state index contributed by atoms with van der Waals surface area (Å²) >= 11 is 0. The second-order valence-corrected chi connectivity index (χ2v) is 3.29. The minimum absolute atomic E-state index is 0.770. The lowest BCUT2D eigenvalue weighted by atomic mass is 10.3. The van der Waals surface area contributed by atoms with Crippen LogP contribution in [-0.2, 0) is 0 Å². The van der Waals surface area contributed by atoms with E-state index in [9.17, 15) is 0 Å². The summed E-state index contributed by atoms with van der Waals surface area (Å²) in [5.74, 6) is 0.770. The van der Waals surface area contributed by atoms with Gasteiger partial charge in [0.2, 0.25) is 0 Å². The van der Waals surface area contributed by atoms with Crippen molar-refractivity contribution in [1.29, 1.82) is 0 Å². The van der Waals surface area contributed by atoms with E-state index in [1.807, 2.05) is 51.2 Å². The third-order valence-corrected chi connectivity index (χ3v) is 1.52. The van der Waals surface area contributed by atoms with Gasteiger partial charge in [-0.05, 0) is 26.0 Å². The molecular formula is C10H15N3. The van der Waals surface area contributed by atoms with Crippen molar-refractivity contribution in [3.8, 4) is 0 Å². The van der Waals surface area contributed by atoms with Gasteiger partial charge in [-0.25, -0.2) is 9.97 Å². The molecule has 0 bridgehead atoms. The van der Waals surface area contributed by atoms with E-state index >= 15 is 0 Å². The van der Waals surface area contributed by atoms with Crippen LogP contribution in [-0.4, -0.2) is 29.0 Å². The molecule has 0 saturated heterocycles. The average molecular weight is 177 g/mol. The Balaban J connectivity index is 2.89. The molecule has 13 heavy (non-hydrogen) atoms. The van der Waals surface area contributed by atoms with E-state index in [0.29, 0.717) is 0 Å². The van der Waals surface area contributed by atoms with Crippen molar-refractivity contribution in [1.82, 2.24) is 14.9 Å². The molecule has 0 aromatic carbocycles. The molecule has 0 N–H and O–H groups in total. The van der Waals surface area contributed by atoms with Crippen LogP contribution in [0.2, 0.25) is 0 Å². The van der Waals surface area contributed by atoms with E-state index in [2.05, 4.69) is 9.97 Å². The van der Waals surface area contributed by atoms with Crippen molar-refractivity contribution in [2.24, 2.45) is 0 Å². The lowest BCUT2D eigenvalue weighted by Crippen LogP contribution is -2.01. The van der Waals surface area contributed by atoms with Crippen LogP contribution in [0.15, 0.2) is 12.3 Å². The van der Waals surface area contributed by atoms with Crippen molar-refractivity contribution >= 4 is 6.08 Å². The van der Waals surface area contributed by atoms with E-state index < -0.39 is 0 Å². The fourth-order valence-electron chi connectivity index (χ4n) is 1.04. The van der Waals surface area contributed by atoms with E-state index in [1.165, 1.54) is 0 Å². The number of nitrogens with zero attached hydrogens (tertiary/aromatic N) is 3. The zero-order valence-corrected chi connectivity index (χ0v) is 8.57. The molecular weight excluding hydrogens is 162 g/mol. The van der Waals surface area contributed by atoms with Gasteiger partial charge in [-0.2, -0.15) is 0 Å². The predicted octanol–water partition coefficient (Wildman–Crippen LogP) is 1.63. The number of hydrogen-bond donors (Lipinski definition) is 0. The highest BCUT2D eigenvalue weighted by Gasteiger charge is 1.94. The van der Waals surface area contributed by atoms with Crippen LogP contribution in [0.1, 0.15) is 17.2 Å². The molecule has 0 radical (unpaired) electrons. The predicted molar refractivity (Wildman–Crippen MR) is 54.2 cm³/mol. The highest BCUT2D eigenvalue weighted by atomic mass is 15.0. The van der Waals surface area contributed by atoms with E-state index in [0.717, 1.165) is 17.2 Å². The third kappa shape index (κ3) is 3.23. The van der Waals surface area contributed by atoms with Crippen LogP contribution in [0, 0.1) is 13.8 Å². The van der Waals surface area contributed by atoms with E-state index in [4.69, 9.17) is 0 Å². The van der Waals surface area contributed by atoms with Gasteiger partial charge in [0.05, 0.1) is 0 Å². The largest absolute Gasteiger partial charge is 0.383 e. The van der Waals surface area contributed by atoms with Crippen LogP contribution in [0.4, 0.5) is 0 Å². The summed E-state index contributed by atoms with van der Waals surface area (Å²) in [5.41, 5.74) is 2.01. The Morgan fingerprint density at radius 2 is 1.69 bits per heavy atom. The van der Waals surface area contributed by atoms with Crippen LogP contribution in [0.5, 0.6) is 0 Å². The number of rotatable bonds is 2. The van der Waals surface area contributed by atoms with Gasteiger partial charge in [-0.15, -0.1) is 0 Å². The Bertz CT molecular complexity index is 296. The summed E-state index contributed by atoms with van der Waals surface area (Å²) in [6.07, 6.45) is 3.84. The van der Waals surface area contributed by atoms with Crippen LogP contribution in [0.3, 0.4) is 0 Å². The summed E-state index contributed by atoms with van der Waals surface area (Å²) < 4.78 is 0. The summed E-state index contributed by atoms with van der Waals surface area (Å²) in [5, 5.41) is 0. The Morgan fingerprint density at radius 1 is 1.15 bits per heavy atom. The zero-order chi connectivity index (χ0) is 9.84. The third-order valence-electron chi connectivity index (χ3n) is 1.52. The van der Waals surface area contributed by atoms with Crippen molar-refractivity contribution in [3.63, 3.8) is 0 Å². The smallest absolute Gasteiger partial charge is 0.153 e. The summed E-state index contributed by atoms with van der Waals surface area (Å²) in [7, 11) is 3.94. The molecule has 0 unspecified atom stereocenters. The van der Waals surface area contributed by atoms with Gasteiger partial charge in [0, 0.05) is 31.7 Å². The summed E-state index contributed by atoms with van der Waals surface area (Å²) in [6.45, 7) is 3.95. The number of aryl methyl sites for hydroxylation is 2. The van der Waals surface area contributed by atoms with Crippen molar-refractivity contribution in [2.75, 3.05) is 14.1 Å². The first kappa shape index (κ1) is 9.71. The molecule has 0 aliphatic carbocycles. The average Bonchev–Trinajstić information content (AvgIpc) is 1.99. The minimum Gasteiger partial charge on any atom is -0.383 e. The highest BCUT2D eigenvalue weighted by Crippen LogP contribution is 2.00. The molecule has 70 valence electrons. The molecule has 3 heteroatoms. The normalized spacial score (nSPS) is 10.8. The Hall–Kier alpha value is -1.38. The van der Waals surface area contributed by atoms with Crippen LogP contribution < -0.4 is 0 Å². The second-order valence-electron chi connectivity index (χ2n) is 3.29. The quantitative estimate of drug-likeness (QED) is 0.687. The van der Waals surface area contributed by atoms with Gasteiger partial charge in [0.1, 0.15) is 0 Å². The number of aromatic nitrogens is 2. The van der Waals surface area contributed by atoms with E-state index in [-0.39, 0.29) is 0 Å². The number of hydrogen-bond acceptors (Lipinski definition) is 3. The molecule has 0 aliphatic rings. The first-order chi connectivity index (χ1) is 6.08. The van der Waals surface area contributed by atoms with E-state index in [1.54, 1.807) is 0 Å². The Morgan fingerprint density at radius 3 is 2.15 bits per heavy atom. The maximum absolute atomic E-state index is 4.28. The molecule has 1 aromatic rings. The van der Waals surface area contributed by atoms with Gasteiger partial charge in [-0.3, -0.25) is 0 Å². The van der Waals surface area contributed by atoms with Crippen molar-refractivity contribution < 1.29 is 0 Å². The second kappa shape index (κ2) is 4.03. The maximum atomic E-state index is 4.28. The molecule has 3 nitrogen and oxygen atoms in total. The fraction of sp³-hybridized carbons (Fsp3) is 0.400. The van der Waals surface area contributed by atoms with Gasteiger partial charge < -0.3 is 4.90 Å². The maximum Gasteiger partial charge on any atom is 0.153 e. The van der Waals surface area contributed by atoms with Gasteiger partial charge in [-0.1, -0.05) is 0 Å². The lowest BCUT2D eigenvalue weighted by molar-refractivity contribution is 0.567. The standard InChI is InChI=1S/C10H15N3/c1-8-7-9(2)12-10(11-8)5-6-13(3)4/h5-7H,1-4H3/b6-5+. The Labute approximate surface area is 79.1 Å². The molecule has 1 aromatic heterocycles. The topological polar surface area (TPSA) is 29.0 Å². The molecule has 0 aliphatic heterocycles. The summed E-state index contributed by atoms with van der Waals surface area (Å²) in [6, 6.07) is 1.97. The molecule has 0 amide bonds. The molecule has 0 atom stereocenters. The first-order valence-corrected chi connectivity index (χ1v) is 4.25. The molecule has 0 fully saturated rings. The fourth-order valence-corrected chi connectivity index (χ4v) is 1.04. The zero-order valence-electron chi connectivity index (χ0n) is 8.57. The highest BCUT2D eigenvalue weighted by molar-refractivity contribution is 5.39. The first-order valence-electron chi connectivity index (χ1n) is 4.25. The SMILES string of the molecule is Cc1cc(C)nc(/C=C/N(C)C)n1. The van der Waals surface area contributed by atoms with Gasteiger partial charge >= 0.3 is 0 Å². The molecule has 1 rings (SSSR count). The van der Waals surface area contributed by atoms with Crippen molar-refractivity contribution in [3.05, 3.63) is 29.5 Å². The Kier molecular flexibility index (Phi) is 3.01. The molecule has 0 saturated carbocycles. The van der Waals surface area contributed by atoms with Gasteiger partial charge in [0.15, 0.2) is 5.82 Å². The molecule has 1 heterocycles. The van der Waals surface area contributed by atoms with Crippen LogP contribution >= 0.6 is 0 Å².